The van der Waals surface area contributed by atoms with Crippen LogP contribution in [-0.2, 0) is 16.0 Å². The summed E-state index contributed by atoms with van der Waals surface area (Å²) in [6.45, 7) is 3.05. The lowest BCUT2D eigenvalue weighted by Gasteiger charge is -2.20. The predicted molar refractivity (Wildman–Crippen MR) is 117 cm³/mol. The number of carbonyl (C=O) groups excluding carboxylic acids is 2. The Morgan fingerprint density at radius 1 is 1.21 bits per heavy atom. The fraction of sp³-hybridized carbons (Fsp3) is 0.273. The highest BCUT2D eigenvalue weighted by Gasteiger charge is 2.16. The van der Waals surface area contributed by atoms with Crippen LogP contribution in [0.5, 0.6) is 5.75 Å². The van der Waals surface area contributed by atoms with Crippen LogP contribution in [0.1, 0.15) is 24.5 Å². The average molecular weight is 433 g/mol. The average Bonchev–Trinajstić information content (AvgIpc) is 3.16. The second-order valence-corrected chi connectivity index (χ2v) is 7.57. The zero-order valence-electron chi connectivity index (χ0n) is 16.1. The molecule has 0 aromatic heterocycles. The molecule has 0 radical (unpaired) electrons. The number of fused-ring (bicyclic) bond motifs is 1. The van der Waals surface area contributed by atoms with E-state index in [1.165, 1.54) is 11.0 Å². The van der Waals surface area contributed by atoms with Crippen molar-refractivity contribution in [2.24, 2.45) is 0 Å². The molecule has 0 unspecified atom stereocenters. The molecule has 0 bridgehead atoms. The molecule has 2 amide bonds. The Morgan fingerprint density at radius 3 is 2.83 bits per heavy atom. The van der Waals surface area contributed by atoms with E-state index in [9.17, 15) is 9.59 Å². The van der Waals surface area contributed by atoms with Crippen molar-refractivity contribution in [2.75, 3.05) is 25.0 Å². The van der Waals surface area contributed by atoms with Crippen LogP contribution in [0.3, 0.4) is 0 Å². The third-order valence-electron chi connectivity index (χ3n) is 4.47. The van der Waals surface area contributed by atoms with Gasteiger partial charge in [-0.1, -0.05) is 36.2 Å². The summed E-state index contributed by atoms with van der Waals surface area (Å²) in [5, 5.41) is 3.56. The Balaban J connectivity index is 1.64. The number of rotatable bonds is 7. The molecule has 1 heterocycles. The van der Waals surface area contributed by atoms with Crippen molar-refractivity contribution >= 4 is 46.8 Å². The van der Waals surface area contributed by atoms with E-state index in [4.69, 9.17) is 27.9 Å². The van der Waals surface area contributed by atoms with E-state index < -0.39 is 0 Å². The van der Waals surface area contributed by atoms with Crippen LogP contribution in [0.25, 0.3) is 6.08 Å². The van der Waals surface area contributed by atoms with E-state index >= 15 is 0 Å². The van der Waals surface area contributed by atoms with E-state index in [1.54, 1.807) is 24.3 Å². The van der Waals surface area contributed by atoms with Crippen molar-refractivity contribution in [1.29, 1.82) is 0 Å². The maximum atomic E-state index is 12.6. The lowest BCUT2D eigenvalue weighted by atomic mass is 10.1. The first-order valence-corrected chi connectivity index (χ1v) is 10.2. The van der Waals surface area contributed by atoms with Gasteiger partial charge in [-0.25, -0.2) is 0 Å². The van der Waals surface area contributed by atoms with Crippen LogP contribution in [-0.4, -0.2) is 36.4 Å². The van der Waals surface area contributed by atoms with Crippen LogP contribution < -0.4 is 10.1 Å². The highest BCUT2D eigenvalue weighted by Crippen LogP contribution is 2.27. The van der Waals surface area contributed by atoms with Gasteiger partial charge in [-0.05, 0) is 54.0 Å². The predicted octanol–water partition coefficient (Wildman–Crippen LogP) is 4.82. The molecule has 0 aliphatic carbocycles. The van der Waals surface area contributed by atoms with Crippen LogP contribution in [0.4, 0.5) is 5.69 Å². The minimum absolute atomic E-state index is 0.0715. The van der Waals surface area contributed by atoms with Gasteiger partial charge in [-0.3, -0.25) is 9.59 Å². The number of hydrogen-bond donors (Lipinski definition) is 1. The van der Waals surface area contributed by atoms with Crippen LogP contribution in [0, 0.1) is 0 Å². The number of anilines is 1. The van der Waals surface area contributed by atoms with Crippen molar-refractivity contribution in [2.45, 2.75) is 19.8 Å². The molecule has 5 nitrogen and oxygen atoms in total. The maximum Gasteiger partial charge on any atom is 0.247 e. The summed E-state index contributed by atoms with van der Waals surface area (Å²) >= 11 is 12.0. The Morgan fingerprint density at radius 2 is 2.03 bits per heavy atom. The Bertz CT molecular complexity index is 944. The molecule has 0 spiro atoms. The molecular weight excluding hydrogens is 411 g/mol. The lowest BCUT2D eigenvalue weighted by molar-refractivity contribution is -0.130. The number of nitrogens with one attached hydrogen (secondary N) is 1. The van der Waals surface area contributed by atoms with Crippen molar-refractivity contribution in [3.63, 3.8) is 0 Å². The molecule has 7 heteroatoms. The minimum atomic E-state index is -0.334. The van der Waals surface area contributed by atoms with Crippen molar-refractivity contribution in [1.82, 2.24) is 4.90 Å². The highest BCUT2D eigenvalue weighted by atomic mass is 35.5. The number of ether oxygens (including phenoxy) is 1. The van der Waals surface area contributed by atoms with Crippen molar-refractivity contribution in [3.8, 4) is 5.75 Å². The largest absolute Gasteiger partial charge is 0.493 e. The van der Waals surface area contributed by atoms with E-state index in [0.29, 0.717) is 28.9 Å². The maximum absolute atomic E-state index is 12.6. The number of halogens is 2. The van der Waals surface area contributed by atoms with Gasteiger partial charge < -0.3 is 15.0 Å². The summed E-state index contributed by atoms with van der Waals surface area (Å²) in [6, 6.07) is 10.7. The van der Waals surface area contributed by atoms with Gasteiger partial charge in [0.15, 0.2) is 0 Å². The van der Waals surface area contributed by atoms with E-state index in [1.807, 2.05) is 25.1 Å². The first kappa shape index (κ1) is 21.2. The lowest BCUT2D eigenvalue weighted by Crippen LogP contribution is -2.37. The Labute approximate surface area is 180 Å². The highest BCUT2D eigenvalue weighted by molar-refractivity contribution is 6.35. The summed E-state index contributed by atoms with van der Waals surface area (Å²) in [5.41, 5.74) is 2.49. The third kappa shape index (κ3) is 5.75. The molecule has 1 N–H and O–H groups in total. The molecule has 0 saturated heterocycles. The smallest absolute Gasteiger partial charge is 0.247 e. The quantitative estimate of drug-likeness (QED) is 0.637. The molecular formula is C22H22Cl2N2O3. The van der Waals surface area contributed by atoms with Gasteiger partial charge in [0, 0.05) is 24.1 Å². The van der Waals surface area contributed by atoms with Gasteiger partial charge in [0.25, 0.3) is 0 Å². The molecule has 0 saturated carbocycles. The molecule has 0 fully saturated rings. The molecule has 1 aliphatic heterocycles. The van der Waals surface area contributed by atoms with Gasteiger partial charge in [-0.15, -0.1) is 0 Å². The number of hydrogen-bond acceptors (Lipinski definition) is 3. The molecule has 29 heavy (non-hydrogen) atoms. The minimum Gasteiger partial charge on any atom is -0.493 e. The SMILES string of the molecule is CCCN(CC(=O)Nc1cc(Cl)ccc1Cl)C(=O)/C=C/c1ccc2c(c1)CCO2. The number of nitrogens with zero attached hydrogens (tertiary/aromatic N) is 1. The second kappa shape index (κ2) is 9.81. The van der Waals surface area contributed by atoms with Crippen LogP contribution >= 0.6 is 23.2 Å². The first-order chi connectivity index (χ1) is 14.0. The first-order valence-electron chi connectivity index (χ1n) is 9.44. The van der Waals surface area contributed by atoms with Crippen molar-refractivity contribution < 1.29 is 14.3 Å². The topological polar surface area (TPSA) is 58.6 Å². The number of amides is 2. The van der Waals surface area contributed by atoms with Gasteiger partial charge in [0.2, 0.25) is 11.8 Å². The summed E-state index contributed by atoms with van der Waals surface area (Å²) in [7, 11) is 0. The number of carbonyl (C=O) groups is 2. The summed E-state index contributed by atoms with van der Waals surface area (Å²) in [4.78, 5) is 26.6. The fourth-order valence-electron chi connectivity index (χ4n) is 3.08. The Kier molecular flexibility index (Phi) is 7.18. The summed E-state index contributed by atoms with van der Waals surface area (Å²) in [6.07, 6.45) is 4.86. The molecule has 0 atom stereocenters. The standard InChI is InChI=1S/C22H22Cl2N2O3/c1-2-10-26(14-21(27)25-19-13-17(23)5-6-18(19)24)22(28)8-4-15-3-7-20-16(12-15)9-11-29-20/h3-8,12-13H,2,9-11,14H2,1H3,(H,25,27)/b8-4+. The van der Waals surface area contributed by atoms with Gasteiger partial charge in [-0.2, -0.15) is 0 Å². The van der Waals surface area contributed by atoms with E-state index in [2.05, 4.69) is 5.32 Å². The van der Waals surface area contributed by atoms with Gasteiger partial charge in [0.05, 0.1) is 17.3 Å². The fourth-order valence-corrected chi connectivity index (χ4v) is 3.41. The summed E-state index contributed by atoms with van der Waals surface area (Å²) < 4.78 is 5.50. The van der Waals surface area contributed by atoms with Crippen LogP contribution in [0.2, 0.25) is 10.0 Å². The monoisotopic (exact) mass is 432 g/mol. The zero-order valence-corrected chi connectivity index (χ0v) is 17.6. The van der Waals surface area contributed by atoms with E-state index in [-0.39, 0.29) is 18.4 Å². The summed E-state index contributed by atoms with van der Waals surface area (Å²) in [5.74, 6) is 0.340. The zero-order chi connectivity index (χ0) is 20.8. The molecule has 2 aromatic rings. The molecule has 152 valence electrons. The molecule has 3 rings (SSSR count). The van der Waals surface area contributed by atoms with E-state index in [0.717, 1.165) is 29.7 Å². The van der Waals surface area contributed by atoms with Gasteiger partial charge >= 0.3 is 0 Å². The van der Waals surface area contributed by atoms with Gasteiger partial charge in [0.1, 0.15) is 12.3 Å². The van der Waals surface area contributed by atoms with Crippen molar-refractivity contribution in [3.05, 3.63) is 63.6 Å². The normalized spacial score (nSPS) is 12.5. The number of benzene rings is 2. The molecule has 1 aliphatic rings. The molecule has 2 aromatic carbocycles. The third-order valence-corrected chi connectivity index (χ3v) is 5.04. The second-order valence-electron chi connectivity index (χ2n) is 6.73. The Hall–Kier alpha value is -2.50. The van der Waals surface area contributed by atoms with Crippen LogP contribution in [0.15, 0.2) is 42.5 Å².